The minimum Gasteiger partial charge on any atom is -0.349 e. The number of nitrogens with zero attached hydrogens (tertiary/aromatic N) is 4. The van der Waals surface area contributed by atoms with E-state index in [4.69, 9.17) is 11.6 Å². The van der Waals surface area contributed by atoms with Crippen LogP contribution >= 0.6 is 11.6 Å². The summed E-state index contributed by atoms with van der Waals surface area (Å²) in [5.41, 5.74) is 2.25. The number of likely N-dealkylation sites (tertiary alicyclic amines) is 1. The lowest BCUT2D eigenvalue weighted by molar-refractivity contribution is -0.384. The van der Waals surface area contributed by atoms with E-state index in [9.17, 15) is 14.9 Å². The molecular weight excluding hydrogens is 430 g/mol. The Morgan fingerprint density at radius 3 is 2.53 bits per heavy atom. The zero-order chi connectivity index (χ0) is 22.5. The van der Waals surface area contributed by atoms with Crippen LogP contribution in [0.5, 0.6) is 0 Å². The van der Waals surface area contributed by atoms with Crippen LogP contribution in [0, 0.1) is 10.1 Å². The van der Waals surface area contributed by atoms with Crippen molar-refractivity contribution in [1.82, 2.24) is 20.0 Å². The van der Waals surface area contributed by atoms with Crippen molar-refractivity contribution in [2.45, 2.75) is 19.3 Å². The molecule has 0 aliphatic carbocycles. The van der Waals surface area contributed by atoms with Crippen molar-refractivity contribution in [2.24, 2.45) is 0 Å². The molecule has 0 unspecified atom stereocenters. The van der Waals surface area contributed by atoms with E-state index in [-0.39, 0.29) is 11.6 Å². The molecule has 8 nitrogen and oxygen atoms in total. The first-order valence-corrected chi connectivity index (χ1v) is 11.0. The topological polar surface area (TPSA) is 93.3 Å². The van der Waals surface area contributed by atoms with Crippen LogP contribution in [0.15, 0.2) is 54.6 Å². The number of carbonyl (C=O) groups is 1. The highest BCUT2D eigenvalue weighted by atomic mass is 35.5. The Morgan fingerprint density at radius 1 is 1.09 bits per heavy atom. The summed E-state index contributed by atoms with van der Waals surface area (Å²) < 4.78 is 1.55. The van der Waals surface area contributed by atoms with Gasteiger partial charge in [-0.1, -0.05) is 24.1 Å². The molecule has 9 heteroatoms. The van der Waals surface area contributed by atoms with Gasteiger partial charge in [-0.3, -0.25) is 14.9 Å². The van der Waals surface area contributed by atoms with Crippen LogP contribution in [0.25, 0.3) is 16.9 Å². The molecule has 32 heavy (non-hydrogen) atoms. The fourth-order valence-electron chi connectivity index (χ4n) is 3.84. The number of nitrogens with one attached hydrogen (secondary N) is 1. The van der Waals surface area contributed by atoms with Crippen LogP contribution < -0.4 is 5.32 Å². The Kier molecular flexibility index (Phi) is 6.82. The maximum atomic E-state index is 13.0. The van der Waals surface area contributed by atoms with E-state index in [0.29, 0.717) is 34.2 Å². The first kappa shape index (κ1) is 22.0. The molecule has 1 saturated heterocycles. The lowest BCUT2D eigenvalue weighted by Crippen LogP contribution is -2.38. The van der Waals surface area contributed by atoms with Gasteiger partial charge >= 0.3 is 0 Å². The number of hydrogen-bond donors (Lipinski definition) is 1. The van der Waals surface area contributed by atoms with Gasteiger partial charge in [-0.25, -0.2) is 4.68 Å². The van der Waals surface area contributed by atoms with Gasteiger partial charge in [-0.15, -0.1) is 0 Å². The summed E-state index contributed by atoms with van der Waals surface area (Å²) in [7, 11) is 0. The molecule has 1 aliphatic heterocycles. The van der Waals surface area contributed by atoms with E-state index in [1.54, 1.807) is 41.1 Å². The van der Waals surface area contributed by atoms with Gasteiger partial charge in [0.05, 0.1) is 16.3 Å². The molecule has 0 saturated carbocycles. The molecule has 2 aromatic carbocycles. The molecule has 0 spiro atoms. The number of piperidine rings is 1. The van der Waals surface area contributed by atoms with Crippen molar-refractivity contribution in [3.05, 3.63) is 75.4 Å². The zero-order valence-corrected chi connectivity index (χ0v) is 18.3. The van der Waals surface area contributed by atoms with Gasteiger partial charge in [-0.2, -0.15) is 5.10 Å². The van der Waals surface area contributed by atoms with Gasteiger partial charge in [0, 0.05) is 35.8 Å². The lowest BCUT2D eigenvalue weighted by atomic mass is 10.1. The SMILES string of the molecule is O=C(NCCN1CCCCC1)c1cc(-c2ccc([N+](=O)[O-])cc2)nn1-c1cccc(Cl)c1. The maximum absolute atomic E-state index is 13.0. The number of aromatic nitrogens is 2. The quantitative estimate of drug-likeness (QED) is 0.425. The van der Waals surface area contributed by atoms with E-state index in [1.165, 1.54) is 31.4 Å². The lowest BCUT2D eigenvalue weighted by Gasteiger charge is -2.26. The smallest absolute Gasteiger partial charge is 0.270 e. The monoisotopic (exact) mass is 453 g/mol. The summed E-state index contributed by atoms with van der Waals surface area (Å²) in [6.45, 7) is 3.50. The molecule has 1 aliphatic rings. The standard InChI is InChI=1S/C23H24ClN5O3/c24-18-5-4-6-20(15-18)28-22(23(30)25-11-14-27-12-2-1-3-13-27)16-21(26-28)17-7-9-19(10-8-17)29(31)32/h4-10,15-16H,1-3,11-14H2,(H,25,30). The second-order valence-electron chi connectivity index (χ2n) is 7.77. The van der Waals surface area contributed by atoms with Gasteiger partial charge in [0.25, 0.3) is 11.6 Å². The third-order valence-electron chi connectivity index (χ3n) is 5.53. The third-order valence-corrected chi connectivity index (χ3v) is 5.77. The predicted octanol–water partition coefficient (Wildman–Crippen LogP) is 4.32. The molecular formula is C23H24ClN5O3. The molecule has 2 heterocycles. The Labute approximate surface area is 190 Å². The molecule has 1 N–H and O–H groups in total. The predicted molar refractivity (Wildman–Crippen MR) is 123 cm³/mol. The fraction of sp³-hybridized carbons (Fsp3) is 0.304. The first-order valence-electron chi connectivity index (χ1n) is 10.6. The van der Waals surface area contributed by atoms with E-state index in [0.717, 1.165) is 19.6 Å². The van der Waals surface area contributed by atoms with Gasteiger partial charge in [-0.05, 0) is 62.3 Å². The highest BCUT2D eigenvalue weighted by Gasteiger charge is 2.19. The number of amides is 1. The van der Waals surface area contributed by atoms with Gasteiger partial charge in [0.2, 0.25) is 0 Å². The number of rotatable bonds is 7. The Hall–Kier alpha value is -3.23. The molecule has 4 rings (SSSR count). The summed E-state index contributed by atoms with van der Waals surface area (Å²) in [5, 5.41) is 19.1. The summed E-state index contributed by atoms with van der Waals surface area (Å²) in [6.07, 6.45) is 3.68. The highest BCUT2D eigenvalue weighted by molar-refractivity contribution is 6.30. The molecule has 1 aromatic heterocycles. The van der Waals surface area contributed by atoms with E-state index >= 15 is 0 Å². The van der Waals surface area contributed by atoms with Crippen LogP contribution in [0.2, 0.25) is 5.02 Å². The molecule has 3 aromatic rings. The van der Waals surface area contributed by atoms with Crippen LogP contribution in [0.1, 0.15) is 29.8 Å². The molecule has 0 atom stereocenters. The Balaban J connectivity index is 1.58. The molecule has 0 bridgehead atoms. The van der Waals surface area contributed by atoms with E-state index in [1.807, 2.05) is 6.07 Å². The minimum atomic E-state index is -0.449. The molecule has 0 radical (unpaired) electrons. The van der Waals surface area contributed by atoms with Crippen molar-refractivity contribution in [1.29, 1.82) is 0 Å². The fourth-order valence-corrected chi connectivity index (χ4v) is 4.03. The number of non-ortho nitro benzene ring substituents is 1. The third kappa shape index (κ3) is 5.15. The molecule has 1 fully saturated rings. The van der Waals surface area contributed by atoms with Crippen molar-refractivity contribution >= 4 is 23.2 Å². The second-order valence-corrected chi connectivity index (χ2v) is 8.21. The summed E-state index contributed by atoms with van der Waals surface area (Å²) >= 11 is 6.16. The molecule has 1 amide bonds. The van der Waals surface area contributed by atoms with Crippen molar-refractivity contribution in [3.8, 4) is 16.9 Å². The van der Waals surface area contributed by atoms with E-state index < -0.39 is 4.92 Å². The van der Waals surface area contributed by atoms with Gasteiger partial charge < -0.3 is 10.2 Å². The second kappa shape index (κ2) is 9.93. The number of benzene rings is 2. The van der Waals surface area contributed by atoms with Crippen LogP contribution in [-0.2, 0) is 0 Å². The Bertz CT molecular complexity index is 1110. The van der Waals surface area contributed by atoms with Crippen molar-refractivity contribution < 1.29 is 9.72 Å². The maximum Gasteiger partial charge on any atom is 0.270 e. The first-order chi connectivity index (χ1) is 15.5. The van der Waals surface area contributed by atoms with Gasteiger partial charge in [0.1, 0.15) is 5.69 Å². The zero-order valence-electron chi connectivity index (χ0n) is 17.5. The number of carbonyl (C=O) groups excluding carboxylic acids is 1. The summed E-state index contributed by atoms with van der Waals surface area (Å²) in [5.74, 6) is -0.234. The average Bonchev–Trinajstić information content (AvgIpc) is 3.25. The Morgan fingerprint density at radius 2 is 1.84 bits per heavy atom. The van der Waals surface area contributed by atoms with Crippen LogP contribution in [0.4, 0.5) is 5.69 Å². The molecule has 166 valence electrons. The van der Waals surface area contributed by atoms with Crippen LogP contribution in [0.3, 0.4) is 0 Å². The minimum absolute atomic E-state index is 0.00120. The van der Waals surface area contributed by atoms with E-state index in [2.05, 4.69) is 15.3 Å². The summed E-state index contributed by atoms with van der Waals surface area (Å²) in [6, 6.07) is 14.9. The normalized spacial score (nSPS) is 14.3. The average molecular weight is 454 g/mol. The largest absolute Gasteiger partial charge is 0.349 e. The van der Waals surface area contributed by atoms with Crippen molar-refractivity contribution in [2.75, 3.05) is 26.2 Å². The number of hydrogen-bond acceptors (Lipinski definition) is 5. The highest BCUT2D eigenvalue weighted by Crippen LogP contribution is 2.25. The number of nitro groups is 1. The number of halogens is 1. The summed E-state index contributed by atoms with van der Waals surface area (Å²) in [4.78, 5) is 25.9. The van der Waals surface area contributed by atoms with Gasteiger partial charge in [0.15, 0.2) is 0 Å². The van der Waals surface area contributed by atoms with Crippen LogP contribution in [-0.4, -0.2) is 51.7 Å². The number of nitro benzene ring substituents is 1. The van der Waals surface area contributed by atoms with Crippen molar-refractivity contribution in [3.63, 3.8) is 0 Å².